The Labute approximate surface area is 543 Å². The molecule has 23 heteroatoms. The second-order valence-corrected chi connectivity index (χ2v) is 24.2. The lowest BCUT2D eigenvalue weighted by Gasteiger charge is -2.33. The zero-order valence-electron chi connectivity index (χ0n) is 52.0. The first-order valence-electron chi connectivity index (χ1n) is 31.4. The van der Waals surface area contributed by atoms with Gasteiger partial charge in [-0.15, -0.1) is 11.6 Å². The largest absolute Gasteiger partial charge is 0.369 e. The number of ketones is 4. The van der Waals surface area contributed by atoms with Crippen molar-refractivity contribution in [2.75, 3.05) is 88.8 Å². The van der Waals surface area contributed by atoms with Gasteiger partial charge in [0.1, 0.15) is 40.0 Å². The number of Topliss-reactive ketones (excluding diaryl/α,β-unsaturated/α-hetero) is 4. The monoisotopic (exact) mass is 1270 g/mol. The van der Waals surface area contributed by atoms with Crippen LogP contribution in [-0.2, 0) is 41.5 Å². The zero-order chi connectivity index (χ0) is 64.2. The maximum absolute atomic E-state index is 13.7. The van der Waals surface area contributed by atoms with E-state index in [9.17, 15) is 19.2 Å². The van der Waals surface area contributed by atoms with Crippen molar-refractivity contribution in [1.82, 2.24) is 70.5 Å². The summed E-state index contributed by atoms with van der Waals surface area (Å²) in [5.74, 6) is 3.91. The quantitative estimate of drug-likeness (QED) is 0.0638. The summed E-state index contributed by atoms with van der Waals surface area (Å²) in [5.41, 5.74) is 7.55. The first kappa shape index (κ1) is 63.7. The van der Waals surface area contributed by atoms with Crippen LogP contribution < -0.4 is 15.1 Å². The molecule has 22 nitrogen and oxygen atoms in total. The number of nitrogens with zero attached hydrogens (tertiary/aromatic N) is 13. The molecule has 3 N–H and O–H groups in total. The van der Waals surface area contributed by atoms with Crippen molar-refractivity contribution in [2.45, 2.75) is 62.6 Å². The first-order valence-corrected chi connectivity index (χ1v) is 32.0. The molecule has 4 fully saturated rings. The van der Waals surface area contributed by atoms with Gasteiger partial charge in [-0.2, -0.15) is 10.2 Å². The summed E-state index contributed by atoms with van der Waals surface area (Å²) in [6.07, 6.45) is 22.6. The average Bonchev–Trinajstić information content (AvgIpc) is 1.76. The molecule has 0 amide bonds. The third kappa shape index (κ3) is 14.8. The van der Waals surface area contributed by atoms with Crippen molar-refractivity contribution in [3.63, 3.8) is 0 Å². The molecule has 14 rings (SSSR count). The fourth-order valence-electron chi connectivity index (χ4n) is 12.8. The summed E-state index contributed by atoms with van der Waals surface area (Å²) >= 11 is 5.63. The number of likely N-dealkylation sites (tertiary alicyclic amines) is 1. The minimum absolute atomic E-state index is 0.00207. The number of methoxy groups -OCH3 is 2. The van der Waals surface area contributed by atoms with E-state index in [0.717, 1.165) is 143 Å². The molecule has 12 heterocycles. The van der Waals surface area contributed by atoms with Crippen LogP contribution in [0.25, 0.3) is 67.1 Å². The maximum Gasteiger partial charge on any atom is 0.170 e. The van der Waals surface area contributed by atoms with Crippen molar-refractivity contribution in [3.05, 3.63) is 170 Å². The summed E-state index contributed by atoms with van der Waals surface area (Å²) in [4.78, 5) is 92.3. The predicted molar refractivity (Wildman–Crippen MR) is 355 cm³/mol. The number of hydrogen-bond acceptors (Lipinski definition) is 20. The van der Waals surface area contributed by atoms with Crippen LogP contribution in [0, 0.1) is 11.8 Å². The lowest BCUT2D eigenvalue weighted by molar-refractivity contribution is -0.139. The number of fused-ring (bicyclic) bond motifs is 2. The van der Waals surface area contributed by atoms with Gasteiger partial charge in [0.05, 0.1) is 23.5 Å². The van der Waals surface area contributed by atoms with E-state index in [4.69, 9.17) is 21.1 Å². The highest BCUT2D eigenvalue weighted by Crippen LogP contribution is 2.34. The maximum atomic E-state index is 13.7. The van der Waals surface area contributed by atoms with Crippen molar-refractivity contribution in [1.29, 1.82) is 0 Å². The van der Waals surface area contributed by atoms with Crippen LogP contribution in [-0.4, -0.2) is 179 Å². The fourth-order valence-corrected chi connectivity index (χ4v) is 13.0. The molecule has 93 heavy (non-hydrogen) atoms. The van der Waals surface area contributed by atoms with Crippen molar-refractivity contribution in [3.8, 4) is 45.3 Å². The summed E-state index contributed by atoms with van der Waals surface area (Å²) in [5, 5.41) is 20.2. The van der Waals surface area contributed by atoms with E-state index in [1.54, 1.807) is 88.3 Å². The van der Waals surface area contributed by atoms with Gasteiger partial charge >= 0.3 is 0 Å². The third-order valence-electron chi connectivity index (χ3n) is 18.3. The first-order chi connectivity index (χ1) is 45.5. The minimum Gasteiger partial charge on any atom is -0.369 e. The van der Waals surface area contributed by atoms with Gasteiger partial charge in [-0.25, -0.2) is 29.9 Å². The Bertz CT molecular complexity index is 4150. The van der Waals surface area contributed by atoms with Crippen molar-refractivity contribution in [2.24, 2.45) is 11.8 Å². The highest BCUT2D eigenvalue weighted by Gasteiger charge is 2.45. The number of ether oxygens (including phenoxy) is 2. The second-order valence-electron chi connectivity index (χ2n) is 23.9. The number of rotatable bonds is 19. The molecule has 4 aliphatic rings. The number of pyridine rings is 4. The van der Waals surface area contributed by atoms with E-state index < -0.39 is 11.2 Å². The molecule has 0 unspecified atom stereocenters. The van der Waals surface area contributed by atoms with Gasteiger partial charge in [0.25, 0.3) is 0 Å². The molecule has 0 bridgehead atoms. The van der Waals surface area contributed by atoms with E-state index in [-0.39, 0.29) is 47.3 Å². The summed E-state index contributed by atoms with van der Waals surface area (Å²) in [6, 6.07) is 31.2. The van der Waals surface area contributed by atoms with E-state index in [0.29, 0.717) is 50.7 Å². The minimum atomic E-state index is -0.925. The molecule has 0 aliphatic carbocycles. The number of hydrogen-bond donors (Lipinski definition) is 3. The van der Waals surface area contributed by atoms with Crippen LogP contribution in [0.5, 0.6) is 0 Å². The van der Waals surface area contributed by atoms with Crippen LogP contribution in [0.3, 0.4) is 0 Å². The Morgan fingerprint density at radius 2 is 1.01 bits per heavy atom. The number of carbonyl (C=O) groups is 4. The average molecular weight is 1270 g/mol. The molecule has 2 atom stereocenters. The number of anilines is 2. The number of halogens is 1. The van der Waals surface area contributed by atoms with E-state index in [1.807, 2.05) is 84.9 Å². The third-order valence-corrected chi connectivity index (χ3v) is 18.6. The number of aromatic nitrogens is 12. The van der Waals surface area contributed by atoms with E-state index in [1.165, 1.54) is 0 Å². The molecule has 10 aromatic rings. The number of benzene rings is 2. The molecular weight excluding hydrogens is 1200 g/mol. The number of H-pyrrole nitrogens is 2. The van der Waals surface area contributed by atoms with E-state index >= 15 is 0 Å². The Balaban J connectivity index is 0.000000148. The van der Waals surface area contributed by atoms with E-state index in [2.05, 4.69) is 80.3 Å². The summed E-state index contributed by atoms with van der Waals surface area (Å²) < 4.78 is 11.5. The van der Waals surface area contributed by atoms with Gasteiger partial charge in [-0.05, 0) is 141 Å². The Morgan fingerprint density at radius 3 is 1.44 bits per heavy atom. The van der Waals surface area contributed by atoms with Crippen molar-refractivity contribution < 1.29 is 28.7 Å². The van der Waals surface area contributed by atoms with Crippen LogP contribution in [0.1, 0.15) is 49.7 Å². The van der Waals surface area contributed by atoms with Crippen LogP contribution in [0.4, 0.5) is 11.6 Å². The van der Waals surface area contributed by atoms with Crippen LogP contribution in [0.2, 0.25) is 0 Å². The summed E-state index contributed by atoms with van der Waals surface area (Å²) in [6.45, 7) is 6.02. The molecule has 2 aromatic carbocycles. The SMILES string of the molecule is CO[C@@]1(C(=O)Cc2ccc3[nH]nc(-c4ccncc4)c3c2)CCN(CC(=O)C2CCN(c3ccc(-c4ncccn4)cn3)CC2)C1.CO[C@@]1(C(=O)Cc2ccc3[nH]nc(-c4ccncc4)c3c2)CCNC1.O=C(CCl)C1CCN(c2ccc(-c3ncccn3)cn2)CC1. The molecule has 0 radical (unpaired) electrons. The molecule has 0 spiro atoms. The van der Waals surface area contributed by atoms with Crippen molar-refractivity contribution >= 4 is 68.2 Å². The molecule has 476 valence electrons. The molecule has 4 saturated heterocycles. The van der Waals surface area contributed by atoms with Gasteiger partial charge in [-0.3, -0.25) is 44.2 Å². The standard InChI is InChI=1S/C35H36N8O3.C19H20N4O2.C16H17ClN4O/c1-46-35(31(45)20-24-3-5-29-28(19-24)33(41-40-29)26-7-14-36-15-8-26)11-18-42(23-35)22-30(44)25-9-16-43(17-10-25)32-6-4-27(21-39-32)34-37-12-2-13-38-34;1-25-19(6-9-21-12-19)17(24)11-13-2-3-16-15(10-13)18(23-22-16)14-4-7-20-8-5-14;17-10-14(22)12-4-8-21(9-5-12)15-3-2-13(11-20-15)16-18-6-1-7-19-16/h2-8,12-15,19,21,25H,9-11,16-18,20,22-23H2,1H3,(H,40,41);2-5,7-8,10,21H,6,9,11-12H2,1H3,(H,22,23);1-3,6-7,11-12H,4-5,8-10H2/t35-;19-;/m00./s1. The highest BCUT2D eigenvalue weighted by molar-refractivity contribution is 6.27. The number of carbonyl (C=O) groups excluding carboxylic acids is 4. The number of nitrogens with one attached hydrogen (secondary N) is 3. The molecule has 8 aromatic heterocycles. The lowest BCUT2D eigenvalue weighted by atomic mass is 9.91. The van der Waals surface area contributed by atoms with Gasteiger partial charge in [-0.1, -0.05) is 12.1 Å². The number of alkyl halides is 1. The summed E-state index contributed by atoms with van der Waals surface area (Å²) in [7, 11) is 3.22. The normalized spacial score (nSPS) is 18.6. The molecule has 0 saturated carbocycles. The van der Waals surface area contributed by atoms with Gasteiger partial charge < -0.3 is 24.6 Å². The number of aromatic amines is 2. The van der Waals surface area contributed by atoms with Crippen LogP contribution in [0.15, 0.2) is 159 Å². The topological polar surface area (TPSA) is 269 Å². The fraction of sp³-hybridized carbons (Fsp3) is 0.343. The Hall–Kier alpha value is -9.45. The van der Waals surface area contributed by atoms with Crippen LogP contribution >= 0.6 is 11.6 Å². The van der Waals surface area contributed by atoms with Gasteiger partial charge in [0, 0.05) is 180 Å². The van der Waals surface area contributed by atoms with Gasteiger partial charge in [0.2, 0.25) is 0 Å². The zero-order valence-corrected chi connectivity index (χ0v) is 52.8. The second kappa shape index (κ2) is 29.4. The molecule has 4 aliphatic heterocycles. The Kier molecular flexibility index (Phi) is 20.2. The molecular formula is C70H73ClN16O6. The number of piperidine rings is 2. The lowest BCUT2D eigenvalue weighted by Crippen LogP contribution is -2.46. The smallest absolute Gasteiger partial charge is 0.170 e. The Morgan fingerprint density at radius 1 is 0.538 bits per heavy atom. The highest BCUT2D eigenvalue weighted by atomic mass is 35.5. The predicted octanol–water partition coefficient (Wildman–Crippen LogP) is 8.84. The van der Waals surface area contributed by atoms with Gasteiger partial charge in [0.15, 0.2) is 29.0 Å².